The summed E-state index contributed by atoms with van der Waals surface area (Å²) in [6.07, 6.45) is 0.406. The highest BCUT2D eigenvalue weighted by molar-refractivity contribution is 5.92. The molecule has 0 radical (unpaired) electrons. The van der Waals surface area contributed by atoms with Crippen LogP contribution in [0.2, 0.25) is 0 Å². The summed E-state index contributed by atoms with van der Waals surface area (Å²) in [5, 5.41) is 2.62. The first-order valence-corrected chi connectivity index (χ1v) is 9.34. The Bertz CT molecular complexity index is 730. The highest BCUT2D eigenvalue weighted by Gasteiger charge is 2.39. The van der Waals surface area contributed by atoms with E-state index in [0.717, 1.165) is 0 Å². The minimum Gasteiger partial charge on any atom is -0.444 e. The fourth-order valence-corrected chi connectivity index (χ4v) is 3.30. The number of primary amides is 1. The fraction of sp³-hybridized carbons (Fsp3) is 0.550. The van der Waals surface area contributed by atoms with Crippen LogP contribution in [-0.4, -0.2) is 47.0 Å². The van der Waals surface area contributed by atoms with E-state index in [2.05, 4.69) is 5.32 Å². The number of halogens is 1. The van der Waals surface area contributed by atoms with Crippen molar-refractivity contribution in [3.05, 3.63) is 35.6 Å². The predicted molar refractivity (Wildman–Crippen MR) is 102 cm³/mol. The Morgan fingerprint density at radius 1 is 1.25 bits per heavy atom. The molecule has 0 aromatic heterocycles. The molecule has 0 spiro atoms. The molecule has 154 valence electrons. The molecule has 1 heterocycles. The number of benzene rings is 1. The molecule has 1 saturated heterocycles. The molecular formula is C20H28FN3O4. The Labute approximate surface area is 164 Å². The van der Waals surface area contributed by atoms with E-state index in [9.17, 15) is 18.8 Å². The third-order valence-corrected chi connectivity index (χ3v) is 4.70. The van der Waals surface area contributed by atoms with Crippen LogP contribution in [0.3, 0.4) is 0 Å². The van der Waals surface area contributed by atoms with Crippen molar-refractivity contribution >= 4 is 17.9 Å². The second-order valence-corrected chi connectivity index (χ2v) is 8.06. The molecule has 0 unspecified atom stereocenters. The molecule has 1 aliphatic rings. The Morgan fingerprint density at radius 3 is 2.39 bits per heavy atom. The molecular weight excluding hydrogens is 365 g/mol. The van der Waals surface area contributed by atoms with Crippen LogP contribution in [0.5, 0.6) is 0 Å². The van der Waals surface area contributed by atoms with Crippen molar-refractivity contribution in [1.29, 1.82) is 0 Å². The molecule has 2 rings (SSSR count). The normalized spacial score (nSPS) is 19.0. The summed E-state index contributed by atoms with van der Waals surface area (Å²) in [6.45, 7) is 7.29. The highest BCUT2D eigenvalue weighted by atomic mass is 19.1. The highest BCUT2D eigenvalue weighted by Crippen LogP contribution is 2.25. The maximum absolute atomic E-state index is 13.3. The van der Waals surface area contributed by atoms with Gasteiger partial charge < -0.3 is 20.7 Å². The Morgan fingerprint density at radius 2 is 1.86 bits per heavy atom. The second kappa shape index (κ2) is 8.58. The first-order chi connectivity index (χ1) is 13.0. The Hall–Kier alpha value is -2.64. The van der Waals surface area contributed by atoms with Crippen LogP contribution in [-0.2, 0) is 14.3 Å². The van der Waals surface area contributed by atoms with E-state index in [4.69, 9.17) is 10.5 Å². The summed E-state index contributed by atoms with van der Waals surface area (Å²) < 4.78 is 18.6. The molecule has 28 heavy (non-hydrogen) atoms. The number of nitrogens with one attached hydrogen (secondary N) is 1. The zero-order chi connectivity index (χ0) is 21.1. The van der Waals surface area contributed by atoms with Crippen LogP contribution in [0.25, 0.3) is 0 Å². The van der Waals surface area contributed by atoms with Gasteiger partial charge in [-0.05, 0) is 51.3 Å². The molecule has 1 aromatic carbocycles. The Kier molecular flexibility index (Phi) is 6.64. The molecule has 3 amide bonds. The van der Waals surface area contributed by atoms with Gasteiger partial charge in [0.15, 0.2) is 0 Å². The molecule has 1 aliphatic heterocycles. The van der Waals surface area contributed by atoms with Gasteiger partial charge in [-0.25, -0.2) is 9.18 Å². The van der Waals surface area contributed by atoms with Gasteiger partial charge in [0.1, 0.15) is 23.5 Å². The van der Waals surface area contributed by atoms with Gasteiger partial charge in [0.05, 0.1) is 0 Å². The van der Waals surface area contributed by atoms with Crippen LogP contribution < -0.4 is 11.1 Å². The summed E-state index contributed by atoms with van der Waals surface area (Å²) in [5.74, 6) is -1.86. The molecule has 1 fully saturated rings. The van der Waals surface area contributed by atoms with Crippen LogP contribution in [0.4, 0.5) is 9.18 Å². The van der Waals surface area contributed by atoms with Gasteiger partial charge in [-0.1, -0.05) is 19.1 Å². The SMILES string of the molecule is C[C@@H](c1ccc(F)cc1)[C@H](NC(=O)OC(C)(C)C)C(=O)N1CCC[C@H]1C(N)=O. The molecule has 8 heteroatoms. The lowest BCUT2D eigenvalue weighted by Crippen LogP contribution is -2.55. The van der Waals surface area contributed by atoms with E-state index in [1.54, 1.807) is 39.8 Å². The van der Waals surface area contributed by atoms with Gasteiger partial charge in [0.25, 0.3) is 0 Å². The summed E-state index contributed by atoms with van der Waals surface area (Å²) in [6, 6.07) is 4.03. The maximum Gasteiger partial charge on any atom is 0.408 e. The smallest absolute Gasteiger partial charge is 0.408 e. The zero-order valence-corrected chi connectivity index (χ0v) is 16.7. The quantitative estimate of drug-likeness (QED) is 0.801. The van der Waals surface area contributed by atoms with Crippen molar-refractivity contribution in [1.82, 2.24) is 10.2 Å². The maximum atomic E-state index is 13.3. The number of nitrogens with zero attached hydrogens (tertiary/aromatic N) is 1. The molecule has 0 saturated carbocycles. The van der Waals surface area contributed by atoms with Crippen LogP contribution >= 0.6 is 0 Å². The van der Waals surface area contributed by atoms with Gasteiger partial charge in [0.2, 0.25) is 11.8 Å². The second-order valence-electron chi connectivity index (χ2n) is 8.06. The van der Waals surface area contributed by atoms with E-state index in [-0.39, 0.29) is 0 Å². The minimum atomic E-state index is -0.986. The molecule has 7 nitrogen and oxygen atoms in total. The average Bonchev–Trinajstić information content (AvgIpc) is 3.07. The van der Waals surface area contributed by atoms with Gasteiger partial charge in [-0.15, -0.1) is 0 Å². The number of ether oxygens (including phenoxy) is 1. The Balaban J connectivity index is 2.29. The van der Waals surface area contributed by atoms with Crippen LogP contribution in [0.15, 0.2) is 24.3 Å². The number of rotatable bonds is 5. The van der Waals surface area contributed by atoms with Crippen molar-refractivity contribution in [2.75, 3.05) is 6.54 Å². The largest absolute Gasteiger partial charge is 0.444 e. The van der Waals surface area contributed by atoms with Crippen LogP contribution in [0.1, 0.15) is 52.0 Å². The predicted octanol–water partition coefficient (Wildman–Crippen LogP) is 2.30. The monoisotopic (exact) mass is 393 g/mol. The van der Waals surface area contributed by atoms with Crippen molar-refractivity contribution in [2.24, 2.45) is 5.73 Å². The number of carbonyl (C=O) groups excluding carboxylic acids is 3. The van der Waals surface area contributed by atoms with Gasteiger partial charge in [0, 0.05) is 12.5 Å². The number of hydrogen-bond donors (Lipinski definition) is 2. The number of amides is 3. The van der Waals surface area contributed by atoms with Gasteiger partial charge in [-0.3, -0.25) is 9.59 Å². The summed E-state index contributed by atoms with van der Waals surface area (Å²) in [4.78, 5) is 38.7. The van der Waals surface area contributed by atoms with E-state index in [1.165, 1.54) is 17.0 Å². The number of nitrogens with two attached hydrogens (primary N) is 1. The molecule has 0 bridgehead atoms. The van der Waals surface area contributed by atoms with Crippen molar-refractivity contribution in [3.63, 3.8) is 0 Å². The molecule has 1 aromatic rings. The molecule has 3 atom stereocenters. The minimum absolute atomic E-state index is 0.384. The lowest BCUT2D eigenvalue weighted by Gasteiger charge is -2.32. The summed E-state index contributed by atoms with van der Waals surface area (Å²) >= 11 is 0. The van der Waals surface area contributed by atoms with E-state index < -0.39 is 47.3 Å². The standard InChI is InChI=1S/C20H28FN3O4/c1-12(13-7-9-14(21)10-8-13)16(23-19(27)28-20(2,3)4)18(26)24-11-5-6-15(24)17(22)25/h7-10,12,15-16H,5-6,11H2,1-4H3,(H2,22,25)(H,23,27)/t12-,15-,16-/m0/s1. The van der Waals surface area contributed by atoms with Crippen LogP contribution in [0, 0.1) is 5.82 Å². The third kappa shape index (κ3) is 5.43. The molecule has 3 N–H and O–H groups in total. The third-order valence-electron chi connectivity index (χ3n) is 4.70. The summed E-state index contributed by atoms with van der Waals surface area (Å²) in [7, 11) is 0. The number of alkyl carbamates (subject to hydrolysis) is 1. The van der Waals surface area contributed by atoms with E-state index in [0.29, 0.717) is 24.9 Å². The first-order valence-electron chi connectivity index (χ1n) is 9.34. The van der Waals surface area contributed by atoms with Crippen molar-refractivity contribution < 1.29 is 23.5 Å². The van der Waals surface area contributed by atoms with Crippen molar-refractivity contribution in [3.8, 4) is 0 Å². The number of likely N-dealkylation sites (tertiary alicyclic amines) is 1. The zero-order valence-electron chi connectivity index (χ0n) is 16.7. The number of carbonyl (C=O) groups is 3. The fourth-order valence-electron chi connectivity index (χ4n) is 3.30. The van der Waals surface area contributed by atoms with E-state index in [1.807, 2.05) is 0 Å². The average molecular weight is 393 g/mol. The van der Waals surface area contributed by atoms with Gasteiger partial charge >= 0.3 is 6.09 Å². The van der Waals surface area contributed by atoms with Gasteiger partial charge in [-0.2, -0.15) is 0 Å². The summed E-state index contributed by atoms with van der Waals surface area (Å²) in [5.41, 5.74) is 5.36. The number of hydrogen-bond acceptors (Lipinski definition) is 4. The first kappa shape index (κ1) is 21.7. The topological polar surface area (TPSA) is 102 Å². The van der Waals surface area contributed by atoms with E-state index >= 15 is 0 Å². The molecule has 0 aliphatic carbocycles. The lowest BCUT2D eigenvalue weighted by atomic mass is 9.92. The lowest BCUT2D eigenvalue weighted by molar-refractivity contribution is -0.139. The van der Waals surface area contributed by atoms with Crippen molar-refractivity contribution in [2.45, 2.75) is 64.1 Å².